The summed E-state index contributed by atoms with van der Waals surface area (Å²) in [4.78, 5) is 0. The van der Waals surface area contributed by atoms with Crippen LogP contribution in [0.3, 0.4) is 0 Å². The molecule has 0 aliphatic carbocycles. The van der Waals surface area contributed by atoms with Crippen LogP contribution in [0.2, 0.25) is 0 Å². The summed E-state index contributed by atoms with van der Waals surface area (Å²) >= 11 is 0. The van der Waals surface area contributed by atoms with Crippen LogP contribution in [-0.4, -0.2) is 70.4 Å². The largest absolute Gasteiger partial charge is 0 e. The van der Waals surface area contributed by atoms with E-state index in [2.05, 4.69) is 0 Å². The minimum absolute atomic E-state index is 0. The van der Waals surface area contributed by atoms with E-state index in [9.17, 15) is 0 Å². The Morgan fingerprint density at radius 3 is 0.400 bits per heavy atom. The van der Waals surface area contributed by atoms with Crippen molar-refractivity contribution in [1.82, 2.24) is 0 Å². The van der Waals surface area contributed by atoms with Crippen molar-refractivity contribution in [3.8, 4) is 0 Å². The molecule has 0 spiro atoms. The van der Waals surface area contributed by atoms with E-state index < -0.39 is 0 Å². The van der Waals surface area contributed by atoms with Gasteiger partial charge in [0, 0.05) is 92.8 Å². The smallest absolute Gasteiger partial charge is 0 e. The van der Waals surface area contributed by atoms with Crippen LogP contribution in [0.5, 0.6) is 0 Å². The topological polar surface area (TPSA) is 0 Å². The first kappa shape index (κ1) is 44.6. The quantitative estimate of drug-likeness (QED) is 0.364. The average molecular weight is 487 g/mol. The first-order valence-electron chi connectivity index (χ1n) is 0. The second kappa shape index (κ2) is 28.5. The zero-order chi connectivity index (χ0) is 0. The van der Waals surface area contributed by atoms with Crippen LogP contribution in [0.25, 0.3) is 0 Å². The molecule has 0 amide bonds. The molecule has 0 unspecified atom stereocenters. The monoisotopic (exact) mass is 493 g/mol. The zero-order valence-corrected chi connectivity index (χ0v) is 12.9. The average Bonchev–Trinajstić information content (AvgIpc) is 0. The van der Waals surface area contributed by atoms with Gasteiger partial charge in [0.05, 0.1) is 0 Å². The van der Waals surface area contributed by atoms with E-state index in [1.807, 2.05) is 0 Å². The Kier molecular flexibility index (Phi) is 254. The number of hydrogen-bond acceptors (Lipinski definition) is 0. The molecule has 0 heterocycles. The minimum atomic E-state index is 0. The molecule has 0 bridgehead atoms. The minimum Gasteiger partial charge on any atom is 0 e. The maximum Gasteiger partial charge on any atom is 0 e. The van der Waals surface area contributed by atoms with E-state index in [4.69, 9.17) is 0 Å². The number of rotatable bonds is 0. The zero-order valence-electron chi connectivity index (χ0n) is 2.30. The van der Waals surface area contributed by atoms with E-state index in [0.29, 0.717) is 0 Å². The van der Waals surface area contributed by atoms with Crippen molar-refractivity contribution in [1.29, 1.82) is 0 Å². The van der Waals surface area contributed by atoms with Gasteiger partial charge >= 0.3 is 0 Å². The van der Waals surface area contributed by atoms with Gasteiger partial charge in [-0.1, -0.05) is 0 Å². The van der Waals surface area contributed by atoms with E-state index in [-0.39, 0.29) is 92.8 Å². The van der Waals surface area contributed by atoms with Crippen LogP contribution < -0.4 is 0 Å². The van der Waals surface area contributed by atoms with Crippen molar-refractivity contribution in [2.75, 3.05) is 0 Å². The summed E-state index contributed by atoms with van der Waals surface area (Å²) in [7, 11) is 0. The molecule has 0 aromatic rings. The van der Waals surface area contributed by atoms with Gasteiger partial charge in [-0.25, -0.2) is 0 Å². The van der Waals surface area contributed by atoms with E-state index in [0.717, 1.165) is 0 Å². The fraction of sp³-hybridized carbons (Fsp3) is 0. The van der Waals surface area contributed by atoms with Gasteiger partial charge in [0.1, 0.15) is 0 Å². The molecule has 0 fully saturated rings. The maximum absolute atomic E-state index is 0. The van der Waals surface area contributed by atoms with Gasteiger partial charge in [0.15, 0.2) is 0 Å². The van der Waals surface area contributed by atoms with Crippen molar-refractivity contribution < 1.29 is 22.4 Å². The first-order valence-corrected chi connectivity index (χ1v) is 0. The maximum atomic E-state index is 0. The van der Waals surface area contributed by atoms with Gasteiger partial charge in [0.2, 0.25) is 0 Å². The van der Waals surface area contributed by atoms with Crippen LogP contribution in [0, 0.1) is 0 Å². The molecule has 0 aliphatic rings. The molecule has 0 rings (SSSR count). The summed E-state index contributed by atoms with van der Waals surface area (Å²) in [6.07, 6.45) is 0. The van der Waals surface area contributed by atoms with Crippen molar-refractivity contribution in [2.24, 2.45) is 0 Å². The molecule has 0 aliphatic heterocycles. The summed E-state index contributed by atoms with van der Waals surface area (Å²) in [6, 6.07) is 0. The molecule has 17 radical (unpaired) electrons. The van der Waals surface area contributed by atoms with Gasteiger partial charge in [-0.05, 0) is 0 Å². The molecule has 0 N–H and O–H groups in total. The van der Waals surface area contributed by atoms with Crippen molar-refractivity contribution in [3.05, 3.63) is 0 Å². The Labute approximate surface area is 91.4 Å². The molecular formula is AuGe4. The van der Waals surface area contributed by atoms with Crippen LogP contribution >= 0.6 is 0 Å². The van der Waals surface area contributed by atoms with Gasteiger partial charge in [-0.3, -0.25) is 0 Å². The summed E-state index contributed by atoms with van der Waals surface area (Å²) in [5.74, 6) is 0. The van der Waals surface area contributed by atoms with Crippen LogP contribution in [-0.2, 0) is 22.4 Å². The van der Waals surface area contributed by atoms with E-state index in [1.165, 1.54) is 0 Å². The summed E-state index contributed by atoms with van der Waals surface area (Å²) in [5, 5.41) is 0. The van der Waals surface area contributed by atoms with Crippen molar-refractivity contribution in [2.45, 2.75) is 0 Å². The molecular weight excluding hydrogens is 487 g/mol. The molecule has 5 heteroatoms. The van der Waals surface area contributed by atoms with Crippen molar-refractivity contribution >= 4 is 70.4 Å². The van der Waals surface area contributed by atoms with Gasteiger partial charge in [-0.2, -0.15) is 0 Å². The summed E-state index contributed by atoms with van der Waals surface area (Å²) < 4.78 is 0. The molecule has 27 valence electrons. The molecule has 0 atom stereocenters. The van der Waals surface area contributed by atoms with Crippen LogP contribution in [0.15, 0.2) is 0 Å². The Morgan fingerprint density at radius 1 is 0.400 bits per heavy atom. The standard InChI is InChI=1S/Au.4Ge. The Balaban J connectivity index is 0. The normalized spacial score (nSPS) is 0. The molecule has 0 aromatic heterocycles. The molecule has 0 saturated heterocycles. The molecule has 5 heavy (non-hydrogen) atoms. The predicted molar refractivity (Wildman–Crippen MR) is 23.0 cm³/mol. The van der Waals surface area contributed by atoms with Crippen molar-refractivity contribution in [3.63, 3.8) is 0 Å². The van der Waals surface area contributed by atoms with Gasteiger partial charge < -0.3 is 0 Å². The van der Waals surface area contributed by atoms with Gasteiger partial charge in [0.25, 0.3) is 0 Å². The fourth-order valence-electron chi connectivity index (χ4n) is 0. The Hall–Kier alpha value is 2.91. The van der Waals surface area contributed by atoms with Gasteiger partial charge in [-0.15, -0.1) is 0 Å². The molecule has 0 saturated carbocycles. The third kappa shape index (κ3) is 19.7. The molecule has 0 aromatic carbocycles. The third-order valence-corrected chi connectivity index (χ3v) is 0. The third-order valence-electron chi connectivity index (χ3n) is 0. The second-order valence-corrected chi connectivity index (χ2v) is 0. The van der Waals surface area contributed by atoms with Crippen LogP contribution in [0.4, 0.5) is 0 Å². The van der Waals surface area contributed by atoms with Crippen LogP contribution in [0.1, 0.15) is 0 Å². The number of hydrogen-bond donors (Lipinski definition) is 0. The summed E-state index contributed by atoms with van der Waals surface area (Å²) in [6.45, 7) is 0. The SMILES string of the molecule is [Au].[Ge].[Ge].[Ge].[Ge]. The van der Waals surface area contributed by atoms with E-state index >= 15 is 0 Å². The Morgan fingerprint density at radius 2 is 0.400 bits per heavy atom. The Bertz CT molecular complexity index is 3.61. The predicted octanol–water partition coefficient (Wildman–Crippen LogP) is -1.53. The molecule has 0 nitrogen and oxygen atoms in total. The second-order valence-electron chi connectivity index (χ2n) is 0. The fourth-order valence-corrected chi connectivity index (χ4v) is 0. The first-order chi connectivity index (χ1) is 0. The summed E-state index contributed by atoms with van der Waals surface area (Å²) in [5.41, 5.74) is 0. The van der Waals surface area contributed by atoms with E-state index in [1.54, 1.807) is 0 Å².